The van der Waals surface area contributed by atoms with E-state index in [2.05, 4.69) is 12.2 Å². The van der Waals surface area contributed by atoms with Gasteiger partial charge in [0.05, 0.1) is 7.11 Å². The van der Waals surface area contributed by atoms with Gasteiger partial charge in [-0.3, -0.25) is 0 Å². The molecule has 1 unspecified atom stereocenters. The molecular weight excluding hydrogens is 276 g/mol. The molecule has 0 aliphatic heterocycles. The maximum absolute atomic E-state index is 12.1. The normalized spacial score (nSPS) is 12.6. The second kappa shape index (κ2) is 10.5. The minimum absolute atomic E-state index is 0.193. The smallest absolute Gasteiger partial charge is 0.261 e. The minimum atomic E-state index is -2.40. The fourth-order valence-corrected chi connectivity index (χ4v) is 2.16. The quantitative estimate of drug-likeness (QED) is 0.636. The van der Waals surface area contributed by atoms with Gasteiger partial charge in [-0.1, -0.05) is 25.1 Å². The molecule has 1 N–H and O–H groups in total. The largest absolute Gasteiger partial charge is 0.496 e. The van der Waals surface area contributed by atoms with Crippen LogP contribution in [0, 0.1) is 0 Å². The molecule has 5 heteroatoms. The van der Waals surface area contributed by atoms with E-state index in [0.717, 1.165) is 30.7 Å². The van der Waals surface area contributed by atoms with Gasteiger partial charge < -0.3 is 14.8 Å². The van der Waals surface area contributed by atoms with E-state index in [4.69, 9.17) is 9.47 Å². The average molecular weight is 301 g/mol. The average Bonchev–Trinajstić information content (AvgIpc) is 2.49. The zero-order chi connectivity index (χ0) is 15.5. The van der Waals surface area contributed by atoms with Crippen molar-refractivity contribution >= 4 is 0 Å². The summed E-state index contributed by atoms with van der Waals surface area (Å²) >= 11 is 0. The molecule has 1 aromatic rings. The van der Waals surface area contributed by atoms with Gasteiger partial charge in [-0.2, -0.15) is 0 Å². The molecule has 120 valence electrons. The first-order valence-electron chi connectivity index (χ1n) is 7.38. The zero-order valence-corrected chi connectivity index (χ0v) is 12.8. The maximum Gasteiger partial charge on any atom is 0.261 e. The van der Waals surface area contributed by atoms with Crippen molar-refractivity contribution in [3.8, 4) is 5.75 Å². The van der Waals surface area contributed by atoms with E-state index < -0.39 is 13.0 Å². The molecule has 3 nitrogen and oxygen atoms in total. The van der Waals surface area contributed by atoms with Gasteiger partial charge >= 0.3 is 0 Å². The van der Waals surface area contributed by atoms with Crippen LogP contribution >= 0.6 is 0 Å². The lowest BCUT2D eigenvalue weighted by atomic mass is 10.0. The summed E-state index contributed by atoms with van der Waals surface area (Å²) in [4.78, 5) is 0. The van der Waals surface area contributed by atoms with Crippen molar-refractivity contribution in [2.45, 2.75) is 38.7 Å². The van der Waals surface area contributed by atoms with Crippen LogP contribution in [0.5, 0.6) is 5.75 Å². The Morgan fingerprint density at radius 3 is 2.67 bits per heavy atom. The Labute approximate surface area is 125 Å². The molecule has 0 bridgehead atoms. The molecule has 0 aliphatic carbocycles. The summed E-state index contributed by atoms with van der Waals surface area (Å²) in [5.41, 5.74) is 1.11. The van der Waals surface area contributed by atoms with E-state index >= 15 is 0 Å². The third-order valence-electron chi connectivity index (χ3n) is 3.20. The number of benzene rings is 1. The molecule has 0 heterocycles. The topological polar surface area (TPSA) is 30.5 Å². The molecular formula is C16H25F2NO2. The molecule has 0 aromatic heterocycles. The molecule has 1 aromatic carbocycles. The van der Waals surface area contributed by atoms with Crippen LogP contribution in [0.4, 0.5) is 8.78 Å². The van der Waals surface area contributed by atoms with E-state index in [1.54, 1.807) is 7.11 Å². The van der Waals surface area contributed by atoms with Gasteiger partial charge in [0.15, 0.2) is 0 Å². The van der Waals surface area contributed by atoms with Crippen molar-refractivity contribution in [2.24, 2.45) is 0 Å². The Kier molecular flexibility index (Phi) is 8.94. The van der Waals surface area contributed by atoms with E-state index in [1.807, 2.05) is 24.3 Å². The van der Waals surface area contributed by atoms with Crippen molar-refractivity contribution < 1.29 is 18.3 Å². The highest BCUT2D eigenvalue weighted by Gasteiger charge is 2.12. The number of rotatable bonds is 11. The molecule has 21 heavy (non-hydrogen) atoms. The summed E-state index contributed by atoms with van der Waals surface area (Å²) in [5.74, 6) is 0.856. The first-order valence-corrected chi connectivity index (χ1v) is 7.38. The van der Waals surface area contributed by atoms with Crippen LogP contribution in [-0.4, -0.2) is 39.3 Å². The Balaban J connectivity index is 2.52. The van der Waals surface area contributed by atoms with Gasteiger partial charge in [0.25, 0.3) is 6.43 Å². The van der Waals surface area contributed by atoms with Crippen LogP contribution < -0.4 is 10.1 Å². The van der Waals surface area contributed by atoms with E-state index in [9.17, 15) is 8.78 Å². The number of alkyl halides is 2. The summed E-state index contributed by atoms with van der Waals surface area (Å²) in [6.07, 6.45) is 0.119. The van der Waals surface area contributed by atoms with Gasteiger partial charge in [0.1, 0.15) is 12.4 Å². The van der Waals surface area contributed by atoms with Crippen LogP contribution in [-0.2, 0) is 11.2 Å². The monoisotopic (exact) mass is 301 g/mol. The first kappa shape index (κ1) is 17.9. The molecule has 0 amide bonds. The summed E-state index contributed by atoms with van der Waals surface area (Å²) in [7, 11) is 1.65. The zero-order valence-electron chi connectivity index (χ0n) is 12.8. The van der Waals surface area contributed by atoms with Crippen molar-refractivity contribution in [2.75, 3.05) is 26.9 Å². The molecule has 0 saturated heterocycles. The fraction of sp³-hybridized carbons (Fsp3) is 0.625. The van der Waals surface area contributed by atoms with E-state index in [-0.39, 0.29) is 6.04 Å². The molecule has 0 aliphatic rings. The highest BCUT2D eigenvalue weighted by Crippen LogP contribution is 2.19. The van der Waals surface area contributed by atoms with Gasteiger partial charge in [0.2, 0.25) is 0 Å². The van der Waals surface area contributed by atoms with Gasteiger partial charge in [-0.25, -0.2) is 8.78 Å². The summed E-state index contributed by atoms with van der Waals surface area (Å²) < 4.78 is 34.4. The standard InChI is InChI=1S/C16H25F2NO2/c1-3-9-19-14(8-10-21-12-16(17)18)11-13-6-4-5-7-15(13)20-2/h4-7,14,16,19H,3,8-12H2,1-2H3. The Hall–Kier alpha value is -1.20. The lowest BCUT2D eigenvalue weighted by Crippen LogP contribution is -2.33. The first-order chi connectivity index (χ1) is 10.2. The summed E-state index contributed by atoms with van der Waals surface area (Å²) in [6, 6.07) is 8.06. The van der Waals surface area contributed by atoms with Crippen LogP contribution in [0.1, 0.15) is 25.3 Å². The van der Waals surface area contributed by atoms with Gasteiger partial charge in [-0.05, 0) is 37.4 Å². The Morgan fingerprint density at radius 1 is 1.24 bits per heavy atom. The SMILES string of the molecule is CCCNC(CCOCC(F)F)Cc1ccccc1OC. The molecule has 0 fully saturated rings. The summed E-state index contributed by atoms with van der Waals surface area (Å²) in [6.45, 7) is 2.84. The van der Waals surface area contributed by atoms with Crippen molar-refractivity contribution in [1.82, 2.24) is 5.32 Å². The molecule has 1 rings (SSSR count). The van der Waals surface area contributed by atoms with Crippen LogP contribution in [0.2, 0.25) is 0 Å². The predicted octanol–water partition coefficient (Wildman–Crippen LogP) is 3.28. The third-order valence-corrected chi connectivity index (χ3v) is 3.20. The predicted molar refractivity (Wildman–Crippen MR) is 80.2 cm³/mol. The minimum Gasteiger partial charge on any atom is -0.496 e. The summed E-state index contributed by atoms with van der Waals surface area (Å²) in [5, 5.41) is 3.43. The highest BCUT2D eigenvalue weighted by atomic mass is 19.3. The second-order valence-electron chi connectivity index (χ2n) is 4.92. The molecule has 0 spiro atoms. The molecule has 1 atom stereocenters. The number of hydrogen-bond acceptors (Lipinski definition) is 3. The van der Waals surface area contributed by atoms with Gasteiger partial charge in [0, 0.05) is 12.6 Å². The Bertz CT molecular complexity index is 388. The highest BCUT2D eigenvalue weighted by molar-refractivity contribution is 5.33. The third kappa shape index (κ3) is 7.39. The number of methoxy groups -OCH3 is 1. The van der Waals surface area contributed by atoms with Crippen molar-refractivity contribution in [3.63, 3.8) is 0 Å². The lowest BCUT2D eigenvalue weighted by molar-refractivity contribution is 0.0144. The lowest BCUT2D eigenvalue weighted by Gasteiger charge is -2.20. The number of hydrogen-bond donors (Lipinski definition) is 1. The van der Waals surface area contributed by atoms with Crippen LogP contribution in [0.25, 0.3) is 0 Å². The fourth-order valence-electron chi connectivity index (χ4n) is 2.16. The number of para-hydroxylation sites is 1. The van der Waals surface area contributed by atoms with Crippen LogP contribution in [0.3, 0.4) is 0 Å². The number of halogens is 2. The number of nitrogens with one attached hydrogen (secondary N) is 1. The second-order valence-corrected chi connectivity index (χ2v) is 4.92. The van der Waals surface area contributed by atoms with E-state index in [0.29, 0.717) is 13.0 Å². The van der Waals surface area contributed by atoms with Crippen molar-refractivity contribution in [1.29, 1.82) is 0 Å². The van der Waals surface area contributed by atoms with Crippen LogP contribution in [0.15, 0.2) is 24.3 Å². The van der Waals surface area contributed by atoms with Crippen molar-refractivity contribution in [3.05, 3.63) is 29.8 Å². The molecule has 0 saturated carbocycles. The maximum atomic E-state index is 12.1. The molecule has 0 radical (unpaired) electrons. The van der Waals surface area contributed by atoms with E-state index in [1.165, 1.54) is 0 Å². The van der Waals surface area contributed by atoms with Gasteiger partial charge in [-0.15, -0.1) is 0 Å². The number of ether oxygens (including phenoxy) is 2. The Morgan fingerprint density at radius 2 is 2.00 bits per heavy atom.